The van der Waals surface area contributed by atoms with Gasteiger partial charge in [0.1, 0.15) is 11.6 Å². The van der Waals surface area contributed by atoms with E-state index in [0.29, 0.717) is 18.3 Å². The molecule has 6 rings (SSSR count). The zero-order valence-corrected chi connectivity index (χ0v) is 20.1. The molecule has 0 atom stereocenters. The maximum absolute atomic E-state index is 5.48. The number of methoxy groups -OCH3 is 1. The van der Waals surface area contributed by atoms with E-state index in [4.69, 9.17) is 19.3 Å². The van der Waals surface area contributed by atoms with Crippen molar-refractivity contribution in [2.45, 2.75) is 46.5 Å². The number of aryl methyl sites for hydroxylation is 4. The van der Waals surface area contributed by atoms with Gasteiger partial charge in [0.15, 0.2) is 11.5 Å². The van der Waals surface area contributed by atoms with Gasteiger partial charge in [-0.1, -0.05) is 17.3 Å². The summed E-state index contributed by atoms with van der Waals surface area (Å²) in [6.07, 6.45) is 6.28. The van der Waals surface area contributed by atoms with Gasteiger partial charge in [0.05, 0.1) is 12.8 Å². The topological polar surface area (TPSA) is 81.6 Å². The molecule has 4 heterocycles. The van der Waals surface area contributed by atoms with E-state index < -0.39 is 0 Å². The highest BCUT2D eigenvalue weighted by Crippen LogP contribution is 2.38. The van der Waals surface area contributed by atoms with Gasteiger partial charge in [-0.3, -0.25) is 0 Å². The monoisotopic (exact) mass is 456 g/mol. The minimum absolute atomic E-state index is 0.607. The average molecular weight is 457 g/mol. The number of hydrogen-bond acceptors (Lipinski definition) is 7. The van der Waals surface area contributed by atoms with Crippen LogP contribution in [0.25, 0.3) is 22.3 Å². The van der Waals surface area contributed by atoms with Crippen LogP contribution < -0.4 is 9.64 Å². The first-order valence-electron chi connectivity index (χ1n) is 11.8. The van der Waals surface area contributed by atoms with Crippen molar-refractivity contribution in [3.05, 3.63) is 58.5 Å². The smallest absolute Gasteiger partial charge is 0.255 e. The fourth-order valence-corrected chi connectivity index (χ4v) is 5.30. The normalized spacial score (nSPS) is 15.6. The van der Waals surface area contributed by atoms with Gasteiger partial charge in [-0.2, -0.15) is 14.6 Å². The molecule has 0 amide bonds. The second kappa shape index (κ2) is 7.97. The molecule has 0 radical (unpaired) electrons. The van der Waals surface area contributed by atoms with E-state index in [1.54, 1.807) is 7.11 Å². The van der Waals surface area contributed by atoms with Gasteiger partial charge in [-0.15, -0.1) is 0 Å². The van der Waals surface area contributed by atoms with Crippen molar-refractivity contribution in [1.29, 1.82) is 0 Å². The number of hydrogen-bond donors (Lipinski definition) is 0. The molecule has 0 saturated carbocycles. The largest absolute Gasteiger partial charge is 0.497 e. The van der Waals surface area contributed by atoms with Crippen LogP contribution in [0.3, 0.4) is 0 Å². The first-order chi connectivity index (χ1) is 16.5. The number of rotatable bonds is 4. The second-order valence-electron chi connectivity index (χ2n) is 9.18. The summed E-state index contributed by atoms with van der Waals surface area (Å²) < 4.78 is 13.0. The molecule has 174 valence electrons. The van der Waals surface area contributed by atoms with Crippen LogP contribution in [0.4, 0.5) is 5.82 Å². The number of aromatic nitrogens is 5. The lowest BCUT2D eigenvalue weighted by Crippen LogP contribution is -2.32. The van der Waals surface area contributed by atoms with Gasteiger partial charge < -0.3 is 14.2 Å². The average Bonchev–Trinajstić information content (AvgIpc) is 3.56. The number of benzene rings is 1. The lowest BCUT2D eigenvalue weighted by Gasteiger charge is -2.30. The van der Waals surface area contributed by atoms with Crippen LogP contribution in [0.15, 0.2) is 28.8 Å². The number of nitrogens with zero attached hydrogens (tertiary/aromatic N) is 6. The molecule has 0 spiro atoms. The third-order valence-electron chi connectivity index (χ3n) is 6.89. The lowest BCUT2D eigenvalue weighted by atomic mass is 10.0. The molecule has 0 bridgehead atoms. The van der Waals surface area contributed by atoms with E-state index in [0.717, 1.165) is 77.4 Å². The molecule has 1 aliphatic carbocycles. The van der Waals surface area contributed by atoms with E-state index in [9.17, 15) is 0 Å². The molecule has 34 heavy (non-hydrogen) atoms. The SMILES string of the molecule is COc1ccc(-c2c(C)nn3c(N4CCC=C(c5nc(C)no5)C4)c4c(nc23)CCC4)c(C)c1. The van der Waals surface area contributed by atoms with Crippen molar-refractivity contribution in [2.24, 2.45) is 0 Å². The van der Waals surface area contributed by atoms with Gasteiger partial charge in [0.25, 0.3) is 5.89 Å². The van der Waals surface area contributed by atoms with Crippen LogP contribution in [0, 0.1) is 20.8 Å². The second-order valence-corrected chi connectivity index (χ2v) is 9.18. The fourth-order valence-electron chi connectivity index (χ4n) is 5.30. The van der Waals surface area contributed by atoms with Gasteiger partial charge in [-0.25, -0.2) is 4.98 Å². The lowest BCUT2D eigenvalue weighted by molar-refractivity contribution is 0.401. The molecule has 0 N–H and O–H groups in total. The van der Waals surface area contributed by atoms with Crippen LogP contribution >= 0.6 is 0 Å². The van der Waals surface area contributed by atoms with Crippen molar-refractivity contribution < 1.29 is 9.26 Å². The Hall–Kier alpha value is -3.68. The molecule has 1 aromatic carbocycles. The standard InChI is InChI=1S/C26H28N6O2/c1-15-13-19(33-4)10-11-20(15)23-16(2)29-32-24(23)28-22-9-5-8-21(22)26(32)31-12-6-7-18(14-31)25-27-17(3)30-34-25/h7,10-11,13H,5-6,8-9,12,14H2,1-4H3. The first-order valence-corrected chi connectivity index (χ1v) is 11.8. The van der Waals surface area contributed by atoms with Crippen LogP contribution in [0.5, 0.6) is 5.75 Å². The third kappa shape index (κ3) is 3.28. The Morgan fingerprint density at radius 1 is 1.09 bits per heavy atom. The maximum atomic E-state index is 5.48. The molecule has 0 unspecified atom stereocenters. The van der Waals surface area contributed by atoms with Gasteiger partial charge in [0.2, 0.25) is 0 Å². The summed E-state index contributed by atoms with van der Waals surface area (Å²) in [5.41, 5.74) is 8.86. The summed E-state index contributed by atoms with van der Waals surface area (Å²) in [5.74, 6) is 3.27. The Balaban J connectivity index is 1.51. The number of ether oxygens (including phenoxy) is 1. The maximum Gasteiger partial charge on any atom is 0.255 e. The molecule has 1 aliphatic heterocycles. The fraction of sp³-hybridized carbons (Fsp3) is 0.385. The van der Waals surface area contributed by atoms with Gasteiger partial charge in [0, 0.05) is 35.5 Å². The van der Waals surface area contributed by atoms with Crippen LogP contribution in [0.2, 0.25) is 0 Å². The highest BCUT2D eigenvalue weighted by molar-refractivity contribution is 5.84. The predicted molar refractivity (Wildman–Crippen MR) is 130 cm³/mol. The Kier molecular flexibility index (Phi) is 4.90. The summed E-state index contributed by atoms with van der Waals surface area (Å²) in [6, 6.07) is 6.20. The Labute approximate surface area is 198 Å². The molecule has 2 aliphatic rings. The molecule has 4 aromatic rings. The van der Waals surface area contributed by atoms with Crippen LogP contribution in [0.1, 0.15) is 47.1 Å². The summed E-state index contributed by atoms with van der Waals surface area (Å²) in [6.45, 7) is 7.66. The molecular formula is C26H28N6O2. The highest BCUT2D eigenvalue weighted by Gasteiger charge is 2.29. The molecule has 8 nitrogen and oxygen atoms in total. The summed E-state index contributed by atoms with van der Waals surface area (Å²) >= 11 is 0. The predicted octanol–water partition coefficient (Wildman–Crippen LogP) is 4.50. The van der Waals surface area contributed by atoms with E-state index in [2.05, 4.69) is 51.6 Å². The van der Waals surface area contributed by atoms with E-state index in [1.165, 1.54) is 11.3 Å². The third-order valence-corrected chi connectivity index (χ3v) is 6.89. The Morgan fingerprint density at radius 2 is 1.97 bits per heavy atom. The number of anilines is 1. The minimum Gasteiger partial charge on any atom is -0.497 e. The zero-order chi connectivity index (χ0) is 23.4. The molecule has 0 saturated heterocycles. The zero-order valence-electron chi connectivity index (χ0n) is 20.1. The van der Waals surface area contributed by atoms with E-state index >= 15 is 0 Å². The first kappa shape index (κ1) is 20.9. The molecule has 8 heteroatoms. The molecular weight excluding hydrogens is 428 g/mol. The van der Waals surface area contributed by atoms with Crippen molar-refractivity contribution in [1.82, 2.24) is 24.7 Å². The van der Waals surface area contributed by atoms with Crippen molar-refractivity contribution >= 4 is 17.0 Å². The summed E-state index contributed by atoms with van der Waals surface area (Å²) in [7, 11) is 1.70. The Bertz CT molecular complexity index is 1450. The molecule has 3 aromatic heterocycles. The highest BCUT2D eigenvalue weighted by atomic mass is 16.5. The number of fused-ring (bicyclic) bond motifs is 2. The van der Waals surface area contributed by atoms with Crippen molar-refractivity contribution in [3.63, 3.8) is 0 Å². The van der Waals surface area contributed by atoms with Crippen LogP contribution in [-0.2, 0) is 12.8 Å². The van der Waals surface area contributed by atoms with Crippen LogP contribution in [-0.4, -0.2) is 44.9 Å². The van der Waals surface area contributed by atoms with Gasteiger partial charge in [-0.05, 0) is 69.7 Å². The Morgan fingerprint density at radius 3 is 2.74 bits per heavy atom. The minimum atomic E-state index is 0.607. The summed E-state index contributed by atoms with van der Waals surface area (Å²) in [4.78, 5) is 12.0. The van der Waals surface area contributed by atoms with E-state index in [1.807, 2.05) is 13.0 Å². The molecule has 0 fully saturated rings. The van der Waals surface area contributed by atoms with Crippen molar-refractivity contribution in [2.75, 3.05) is 25.1 Å². The van der Waals surface area contributed by atoms with Crippen molar-refractivity contribution in [3.8, 4) is 16.9 Å². The van der Waals surface area contributed by atoms with E-state index in [-0.39, 0.29) is 0 Å². The summed E-state index contributed by atoms with van der Waals surface area (Å²) in [5, 5.41) is 9.02. The van der Waals surface area contributed by atoms with Gasteiger partial charge >= 0.3 is 0 Å². The quantitative estimate of drug-likeness (QED) is 0.447.